The summed E-state index contributed by atoms with van der Waals surface area (Å²) in [4.78, 5) is 26.4. The molecule has 3 rings (SSSR count). The zero-order valence-corrected chi connectivity index (χ0v) is 13.8. The van der Waals surface area contributed by atoms with E-state index in [1.165, 1.54) is 0 Å². The lowest BCUT2D eigenvalue weighted by molar-refractivity contribution is -0.139. The van der Waals surface area contributed by atoms with Crippen molar-refractivity contribution in [3.8, 4) is 0 Å². The van der Waals surface area contributed by atoms with Crippen LogP contribution in [0.5, 0.6) is 0 Å². The van der Waals surface area contributed by atoms with E-state index in [0.29, 0.717) is 26.3 Å². The first-order chi connectivity index (χ1) is 11.6. The van der Waals surface area contributed by atoms with Crippen molar-refractivity contribution < 1.29 is 14.3 Å². The number of ether oxygens (including phenoxy) is 1. The van der Waals surface area contributed by atoms with Crippen LogP contribution >= 0.6 is 0 Å². The van der Waals surface area contributed by atoms with Crippen molar-refractivity contribution in [2.24, 2.45) is 0 Å². The molecular weight excluding hydrogens is 304 g/mol. The Kier molecular flexibility index (Phi) is 5.11. The second-order valence-corrected chi connectivity index (χ2v) is 6.04. The van der Waals surface area contributed by atoms with Gasteiger partial charge in [-0.15, -0.1) is 0 Å². The van der Waals surface area contributed by atoms with Gasteiger partial charge in [0.25, 0.3) is 0 Å². The zero-order chi connectivity index (χ0) is 16.9. The van der Waals surface area contributed by atoms with E-state index in [-0.39, 0.29) is 18.2 Å². The highest BCUT2D eigenvalue weighted by atomic mass is 16.5. The molecule has 0 aromatic heterocycles. The van der Waals surface area contributed by atoms with Gasteiger partial charge in [-0.2, -0.15) is 0 Å². The average Bonchev–Trinajstić information content (AvgIpc) is 2.62. The van der Waals surface area contributed by atoms with Gasteiger partial charge in [-0.3, -0.25) is 9.59 Å². The van der Waals surface area contributed by atoms with Crippen LogP contribution in [-0.4, -0.2) is 49.1 Å². The van der Waals surface area contributed by atoms with E-state index in [4.69, 9.17) is 4.74 Å². The minimum absolute atomic E-state index is 0.0513. The summed E-state index contributed by atoms with van der Waals surface area (Å²) in [5.74, 6) is -0.190. The van der Waals surface area contributed by atoms with Crippen molar-refractivity contribution in [2.75, 3.05) is 26.3 Å². The first-order valence-corrected chi connectivity index (χ1v) is 8.27. The number of rotatable bonds is 4. The average molecular weight is 326 g/mol. The standard InChI is InChI=1S/C19H22N2O3/c1-14(19(23)21-9-11-24-12-10-21)20-18(22)13-16-7-4-6-15-5-2-3-8-17(15)16/h2-8,14H,9-13H2,1H3,(H,20,22). The molecule has 2 aromatic rings. The highest BCUT2D eigenvalue weighted by molar-refractivity contribution is 5.92. The summed E-state index contributed by atoms with van der Waals surface area (Å²) in [5.41, 5.74) is 0.969. The SMILES string of the molecule is CC(NC(=O)Cc1cccc2ccccc12)C(=O)N1CCOCC1. The van der Waals surface area contributed by atoms with Gasteiger partial charge in [0.15, 0.2) is 0 Å². The Labute approximate surface area is 141 Å². The summed E-state index contributed by atoms with van der Waals surface area (Å²) >= 11 is 0. The van der Waals surface area contributed by atoms with Crippen molar-refractivity contribution >= 4 is 22.6 Å². The van der Waals surface area contributed by atoms with Crippen LogP contribution < -0.4 is 5.32 Å². The molecule has 1 N–H and O–H groups in total. The van der Waals surface area contributed by atoms with E-state index in [1.54, 1.807) is 11.8 Å². The summed E-state index contributed by atoms with van der Waals surface area (Å²) < 4.78 is 5.25. The Bertz CT molecular complexity index is 733. The lowest BCUT2D eigenvalue weighted by Crippen LogP contribution is -2.50. The van der Waals surface area contributed by atoms with Gasteiger partial charge in [0.2, 0.25) is 11.8 Å². The van der Waals surface area contributed by atoms with E-state index in [2.05, 4.69) is 5.32 Å². The van der Waals surface area contributed by atoms with Crippen LogP contribution in [0.15, 0.2) is 42.5 Å². The van der Waals surface area contributed by atoms with Gasteiger partial charge < -0.3 is 15.0 Å². The predicted octanol–water partition coefficient (Wildman–Crippen LogP) is 1.75. The van der Waals surface area contributed by atoms with Crippen molar-refractivity contribution in [3.63, 3.8) is 0 Å². The molecule has 0 radical (unpaired) electrons. The van der Waals surface area contributed by atoms with Crippen LogP contribution in [0, 0.1) is 0 Å². The summed E-state index contributed by atoms with van der Waals surface area (Å²) in [6.07, 6.45) is 0.266. The van der Waals surface area contributed by atoms with E-state index in [1.807, 2.05) is 42.5 Å². The van der Waals surface area contributed by atoms with E-state index >= 15 is 0 Å². The number of hydrogen-bond acceptors (Lipinski definition) is 3. The molecule has 5 nitrogen and oxygen atoms in total. The Balaban J connectivity index is 1.63. The number of fused-ring (bicyclic) bond motifs is 1. The number of carbonyl (C=O) groups is 2. The van der Waals surface area contributed by atoms with E-state index in [0.717, 1.165) is 16.3 Å². The lowest BCUT2D eigenvalue weighted by atomic mass is 10.0. The molecule has 5 heteroatoms. The van der Waals surface area contributed by atoms with Crippen LogP contribution in [0.3, 0.4) is 0 Å². The molecular formula is C19H22N2O3. The molecule has 1 unspecified atom stereocenters. The van der Waals surface area contributed by atoms with Gasteiger partial charge in [-0.25, -0.2) is 0 Å². The maximum absolute atomic E-state index is 12.4. The predicted molar refractivity (Wildman–Crippen MR) is 92.7 cm³/mol. The van der Waals surface area contributed by atoms with Crippen molar-refractivity contribution in [2.45, 2.75) is 19.4 Å². The molecule has 1 atom stereocenters. The molecule has 0 saturated carbocycles. The normalized spacial score (nSPS) is 16.0. The molecule has 2 amide bonds. The Morgan fingerprint density at radius 2 is 1.83 bits per heavy atom. The second kappa shape index (κ2) is 7.45. The highest BCUT2D eigenvalue weighted by Gasteiger charge is 2.23. The summed E-state index contributed by atoms with van der Waals surface area (Å²) in [7, 11) is 0. The fourth-order valence-electron chi connectivity index (χ4n) is 3.03. The summed E-state index contributed by atoms with van der Waals surface area (Å²) in [6, 6.07) is 13.4. The number of nitrogens with one attached hydrogen (secondary N) is 1. The maximum atomic E-state index is 12.4. The molecule has 2 aromatic carbocycles. The summed E-state index contributed by atoms with van der Waals surface area (Å²) in [5, 5.41) is 5.00. The number of morpholine rings is 1. The maximum Gasteiger partial charge on any atom is 0.245 e. The van der Waals surface area contributed by atoms with E-state index < -0.39 is 6.04 Å². The van der Waals surface area contributed by atoms with Gasteiger partial charge in [0, 0.05) is 13.1 Å². The largest absolute Gasteiger partial charge is 0.378 e. The molecule has 1 aliphatic rings. The van der Waals surface area contributed by atoms with Gasteiger partial charge in [-0.1, -0.05) is 42.5 Å². The quantitative estimate of drug-likeness (QED) is 0.931. The van der Waals surface area contributed by atoms with Gasteiger partial charge >= 0.3 is 0 Å². The third-order valence-corrected chi connectivity index (χ3v) is 4.30. The second-order valence-electron chi connectivity index (χ2n) is 6.04. The fraction of sp³-hybridized carbons (Fsp3) is 0.368. The van der Waals surface area contributed by atoms with Gasteiger partial charge in [0.05, 0.1) is 19.6 Å². The van der Waals surface area contributed by atoms with Crippen LogP contribution in [-0.2, 0) is 20.7 Å². The Hall–Kier alpha value is -2.40. The third-order valence-electron chi connectivity index (χ3n) is 4.30. The molecule has 24 heavy (non-hydrogen) atoms. The monoisotopic (exact) mass is 326 g/mol. The smallest absolute Gasteiger partial charge is 0.245 e. The topological polar surface area (TPSA) is 58.6 Å². The molecule has 1 aliphatic heterocycles. The lowest BCUT2D eigenvalue weighted by Gasteiger charge is -2.29. The molecule has 1 heterocycles. The number of benzene rings is 2. The Morgan fingerprint density at radius 3 is 2.62 bits per heavy atom. The molecule has 1 fully saturated rings. The van der Waals surface area contributed by atoms with Crippen molar-refractivity contribution in [1.29, 1.82) is 0 Å². The number of amides is 2. The van der Waals surface area contributed by atoms with Crippen LogP contribution in [0.25, 0.3) is 10.8 Å². The minimum Gasteiger partial charge on any atom is -0.378 e. The minimum atomic E-state index is -0.523. The molecule has 0 bridgehead atoms. The molecule has 1 saturated heterocycles. The van der Waals surface area contributed by atoms with Gasteiger partial charge in [-0.05, 0) is 23.3 Å². The number of carbonyl (C=O) groups excluding carboxylic acids is 2. The Morgan fingerprint density at radius 1 is 1.12 bits per heavy atom. The van der Waals surface area contributed by atoms with Crippen molar-refractivity contribution in [1.82, 2.24) is 10.2 Å². The molecule has 0 spiro atoms. The van der Waals surface area contributed by atoms with Gasteiger partial charge in [0.1, 0.15) is 6.04 Å². The fourth-order valence-corrected chi connectivity index (χ4v) is 3.03. The first kappa shape index (κ1) is 16.5. The molecule has 126 valence electrons. The van der Waals surface area contributed by atoms with Crippen molar-refractivity contribution in [3.05, 3.63) is 48.0 Å². The zero-order valence-electron chi connectivity index (χ0n) is 13.8. The van der Waals surface area contributed by atoms with Crippen LogP contribution in [0.4, 0.5) is 0 Å². The summed E-state index contributed by atoms with van der Waals surface area (Å²) in [6.45, 7) is 4.02. The number of hydrogen-bond donors (Lipinski definition) is 1. The van der Waals surface area contributed by atoms with E-state index in [9.17, 15) is 9.59 Å². The van der Waals surface area contributed by atoms with Crippen LogP contribution in [0.2, 0.25) is 0 Å². The third kappa shape index (κ3) is 3.74. The number of nitrogens with zero attached hydrogens (tertiary/aromatic N) is 1. The molecule has 0 aliphatic carbocycles. The highest BCUT2D eigenvalue weighted by Crippen LogP contribution is 2.18. The van der Waals surface area contributed by atoms with Crippen LogP contribution in [0.1, 0.15) is 12.5 Å². The first-order valence-electron chi connectivity index (χ1n) is 8.27.